The molecule has 142 valence electrons. The van der Waals surface area contributed by atoms with Gasteiger partial charge in [-0.2, -0.15) is 0 Å². The third kappa shape index (κ3) is 4.44. The SMILES string of the molecule is COC(=O)c1cccc(NC(=O)c2ccc(Nc3ccc(F)cc3F)nn2)c1. The molecule has 9 heteroatoms. The molecule has 0 aliphatic heterocycles. The maximum atomic E-state index is 13.7. The van der Waals surface area contributed by atoms with Crippen molar-refractivity contribution in [1.29, 1.82) is 0 Å². The largest absolute Gasteiger partial charge is 0.465 e. The topological polar surface area (TPSA) is 93.2 Å². The van der Waals surface area contributed by atoms with Crippen LogP contribution in [0.3, 0.4) is 0 Å². The zero-order valence-electron chi connectivity index (χ0n) is 14.6. The molecule has 0 fully saturated rings. The fourth-order valence-electron chi connectivity index (χ4n) is 2.29. The van der Waals surface area contributed by atoms with E-state index >= 15 is 0 Å². The average Bonchev–Trinajstić information content (AvgIpc) is 2.70. The summed E-state index contributed by atoms with van der Waals surface area (Å²) >= 11 is 0. The lowest BCUT2D eigenvalue weighted by molar-refractivity contribution is 0.0600. The minimum atomic E-state index is -0.783. The van der Waals surface area contributed by atoms with Gasteiger partial charge in [0, 0.05) is 11.8 Å². The molecule has 28 heavy (non-hydrogen) atoms. The standard InChI is InChI=1S/C19H14F2N4O3/c1-28-19(27)11-3-2-4-13(9-11)22-18(26)16-7-8-17(25-24-16)23-15-6-5-12(20)10-14(15)21/h2-10H,1H3,(H,22,26)(H,23,25). The predicted octanol–water partition coefficient (Wildman–Crippen LogP) is 3.54. The molecule has 0 radical (unpaired) electrons. The van der Waals surface area contributed by atoms with E-state index in [9.17, 15) is 18.4 Å². The molecule has 0 aliphatic rings. The van der Waals surface area contributed by atoms with Gasteiger partial charge >= 0.3 is 5.97 Å². The number of aromatic nitrogens is 2. The number of benzene rings is 2. The zero-order chi connectivity index (χ0) is 20.1. The number of rotatable bonds is 5. The number of halogens is 2. The number of amides is 1. The van der Waals surface area contributed by atoms with Crippen LogP contribution in [0, 0.1) is 11.6 Å². The van der Waals surface area contributed by atoms with Crippen LogP contribution < -0.4 is 10.6 Å². The Bertz CT molecular complexity index is 1030. The molecule has 3 aromatic rings. The third-order valence-corrected chi connectivity index (χ3v) is 3.63. The molecule has 0 atom stereocenters. The first-order chi connectivity index (χ1) is 13.5. The first-order valence-electron chi connectivity index (χ1n) is 8.02. The van der Waals surface area contributed by atoms with Gasteiger partial charge in [-0.25, -0.2) is 13.6 Å². The lowest BCUT2D eigenvalue weighted by atomic mass is 10.2. The molecule has 3 rings (SSSR count). The van der Waals surface area contributed by atoms with Gasteiger partial charge in [0.25, 0.3) is 5.91 Å². The van der Waals surface area contributed by atoms with Gasteiger partial charge in [0.15, 0.2) is 11.5 Å². The van der Waals surface area contributed by atoms with Gasteiger partial charge in [-0.05, 0) is 42.5 Å². The normalized spacial score (nSPS) is 10.2. The van der Waals surface area contributed by atoms with Crippen molar-refractivity contribution in [3.63, 3.8) is 0 Å². The molecule has 0 saturated carbocycles. The van der Waals surface area contributed by atoms with E-state index in [1.807, 2.05) is 0 Å². The average molecular weight is 384 g/mol. The second kappa shape index (κ2) is 8.21. The first-order valence-corrected chi connectivity index (χ1v) is 8.02. The predicted molar refractivity (Wildman–Crippen MR) is 97.4 cm³/mol. The summed E-state index contributed by atoms with van der Waals surface area (Å²) in [5, 5.41) is 12.8. The van der Waals surface area contributed by atoms with E-state index in [1.165, 1.54) is 31.4 Å². The van der Waals surface area contributed by atoms with Crippen molar-refractivity contribution in [3.05, 3.63) is 77.5 Å². The van der Waals surface area contributed by atoms with Crippen LogP contribution in [-0.4, -0.2) is 29.2 Å². The highest BCUT2D eigenvalue weighted by molar-refractivity contribution is 6.03. The maximum Gasteiger partial charge on any atom is 0.337 e. The van der Waals surface area contributed by atoms with E-state index < -0.39 is 23.5 Å². The van der Waals surface area contributed by atoms with Crippen molar-refractivity contribution in [2.75, 3.05) is 17.7 Å². The summed E-state index contributed by atoms with van der Waals surface area (Å²) in [6.07, 6.45) is 0. The molecule has 2 N–H and O–H groups in total. The molecular formula is C19H14F2N4O3. The number of esters is 1. The Balaban J connectivity index is 1.69. The van der Waals surface area contributed by atoms with Crippen molar-refractivity contribution in [2.45, 2.75) is 0 Å². The van der Waals surface area contributed by atoms with E-state index in [0.29, 0.717) is 5.69 Å². The summed E-state index contributed by atoms with van der Waals surface area (Å²) in [5.41, 5.74) is 0.693. The quantitative estimate of drug-likeness (QED) is 0.654. The fraction of sp³-hybridized carbons (Fsp3) is 0.0526. The summed E-state index contributed by atoms with van der Waals surface area (Å²) in [4.78, 5) is 23.8. The second-order valence-corrected chi connectivity index (χ2v) is 5.58. The lowest BCUT2D eigenvalue weighted by Gasteiger charge is -2.08. The van der Waals surface area contributed by atoms with E-state index in [2.05, 4.69) is 25.6 Å². The molecule has 0 aliphatic carbocycles. The first kappa shape index (κ1) is 18.9. The fourth-order valence-corrected chi connectivity index (χ4v) is 2.29. The number of methoxy groups -OCH3 is 1. The summed E-state index contributed by atoms with van der Waals surface area (Å²) in [5.74, 6) is -2.38. The molecular weight excluding hydrogens is 370 g/mol. The van der Waals surface area contributed by atoms with E-state index in [-0.39, 0.29) is 22.8 Å². The van der Waals surface area contributed by atoms with Crippen LogP contribution in [-0.2, 0) is 4.74 Å². The Morgan fingerprint density at radius 2 is 1.82 bits per heavy atom. The Kier molecular flexibility index (Phi) is 5.54. The molecule has 1 amide bonds. The van der Waals surface area contributed by atoms with Crippen LogP contribution in [0.1, 0.15) is 20.8 Å². The van der Waals surface area contributed by atoms with Crippen molar-refractivity contribution in [1.82, 2.24) is 10.2 Å². The highest BCUT2D eigenvalue weighted by Crippen LogP contribution is 2.19. The van der Waals surface area contributed by atoms with Crippen LogP contribution in [0.25, 0.3) is 0 Å². The summed E-state index contributed by atoms with van der Waals surface area (Å²) in [6, 6.07) is 12.1. The molecule has 0 bridgehead atoms. The third-order valence-electron chi connectivity index (χ3n) is 3.63. The van der Waals surface area contributed by atoms with Crippen molar-refractivity contribution < 1.29 is 23.1 Å². The van der Waals surface area contributed by atoms with Crippen molar-refractivity contribution >= 4 is 29.1 Å². The summed E-state index contributed by atoms with van der Waals surface area (Å²) in [6.45, 7) is 0. The van der Waals surface area contributed by atoms with Crippen molar-refractivity contribution in [3.8, 4) is 0 Å². The van der Waals surface area contributed by atoms with Crippen LogP contribution in [0.5, 0.6) is 0 Å². The Morgan fingerprint density at radius 1 is 1.00 bits per heavy atom. The lowest BCUT2D eigenvalue weighted by Crippen LogP contribution is -2.15. The second-order valence-electron chi connectivity index (χ2n) is 5.58. The highest BCUT2D eigenvalue weighted by Gasteiger charge is 2.12. The van der Waals surface area contributed by atoms with E-state index in [1.54, 1.807) is 18.2 Å². The minimum absolute atomic E-state index is 0.00796. The smallest absolute Gasteiger partial charge is 0.337 e. The summed E-state index contributed by atoms with van der Waals surface area (Å²) in [7, 11) is 1.26. The molecule has 0 spiro atoms. The molecule has 0 unspecified atom stereocenters. The van der Waals surface area contributed by atoms with Gasteiger partial charge < -0.3 is 15.4 Å². The monoisotopic (exact) mass is 384 g/mol. The number of nitrogens with one attached hydrogen (secondary N) is 2. The van der Waals surface area contributed by atoms with Gasteiger partial charge in [-0.1, -0.05) is 6.07 Å². The number of ether oxygens (including phenoxy) is 1. The maximum absolute atomic E-state index is 13.7. The Labute approximate surface area is 158 Å². The van der Waals surface area contributed by atoms with Gasteiger partial charge in [0.1, 0.15) is 11.6 Å². The number of anilines is 3. The van der Waals surface area contributed by atoms with E-state index in [0.717, 1.165) is 12.1 Å². The molecule has 0 saturated heterocycles. The Morgan fingerprint density at radius 3 is 2.50 bits per heavy atom. The molecule has 1 heterocycles. The number of hydrogen-bond donors (Lipinski definition) is 2. The van der Waals surface area contributed by atoms with E-state index in [4.69, 9.17) is 0 Å². The minimum Gasteiger partial charge on any atom is -0.465 e. The number of hydrogen-bond acceptors (Lipinski definition) is 6. The van der Waals surface area contributed by atoms with Gasteiger partial charge in [-0.15, -0.1) is 10.2 Å². The zero-order valence-corrected chi connectivity index (χ0v) is 14.6. The van der Waals surface area contributed by atoms with Crippen LogP contribution in [0.15, 0.2) is 54.6 Å². The van der Waals surface area contributed by atoms with Gasteiger partial charge in [-0.3, -0.25) is 4.79 Å². The van der Waals surface area contributed by atoms with Crippen LogP contribution >= 0.6 is 0 Å². The molecule has 1 aromatic heterocycles. The van der Waals surface area contributed by atoms with Crippen molar-refractivity contribution in [2.24, 2.45) is 0 Å². The van der Waals surface area contributed by atoms with Crippen LogP contribution in [0.2, 0.25) is 0 Å². The number of nitrogens with zero attached hydrogens (tertiary/aromatic N) is 2. The number of carbonyl (C=O) groups excluding carboxylic acids is 2. The van der Waals surface area contributed by atoms with Crippen LogP contribution in [0.4, 0.5) is 26.0 Å². The van der Waals surface area contributed by atoms with Gasteiger partial charge in [0.2, 0.25) is 0 Å². The molecule has 2 aromatic carbocycles. The molecule has 7 nitrogen and oxygen atoms in total. The van der Waals surface area contributed by atoms with Gasteiger partial charge in [0.05, 0.1) is 18.4 Å². The summed E-state index contributed by atoms with van der Waals surface area (Å²) < 4.78 is 31.2. The highest BCUT2D eigenvalue weighted by atomic mass is 19.1. The Hall–Kier alpha value is -3.88. The number of carbonyl (C=O) groups is 2.